The highest BCUT2D eigenvalue weighted by atomic mass is 16.2. The third kappa shape index (κ3) is 3.13. The lowest BCUT2D eigenvalue weighted by molar-refractivity contribution is 0.0952. The van der Waals surface area contributed by atoms with Gasteiger partial charge in [-0.15, -0.1) is 0 Å². The van der Waals surface area contributed by atoms with Crippen LogP contribution in [0, 0.1) is 6.92 Å². The predicted molar refractivity (Wildman–Crippen MR) is 85.4 cm³/mol. The Balaban J connectivity index is 1.75. The van der Waals surface area contributed by atoms with Crippen molar-refractivity contribution in [2.24, 2.45) is 7.05 Å². The van der Waals surface area contributed by atoms with Crippen LogP contribution in [0.2, 0.25) is 0 Å². The Morgan fingerprint density at radius 2 is 2.09 bits per heavy atom. The predicted octanol–water partition coefficient (Wildman–Crippen LogP) is 0.709. The maximum atomic E-state index is 12.4. The molecule has 0 spiro atoms. The molecule has 118 valence electrons. The zero-order chi connectivity index (χ0) is 16.4. The van der Waals surface area contributed by atoms with Crippen LogP contribution in [0.5, 0.6) is 0 Å². The Hall–Kier alpha value is -2.96. The van der Waals surface area contributed by atoms with Crippen LogP contribution in [0.3, 0.4) is 0 Å². The quantitative estimate of drug-likeness (QED) is 0.769. The van der Waals surface area contributed by atoms with E-state index >= 15 is 0 Å². The first-order valence-electron chi connectivity index (χ1n) is 7.28. The highest BCUT2D eigenvalue weighted by Crippen LogP contribution is 2.02. The lowest BCUT2D eigenvalue weighted by Crippen LogP contribution is -2.32. The highest BCUT2D eigenvalue weighted by molar-refractivity contribution is 5.93. The summed E-state index contributed by atoms with van der Waals surface area (Å²) in [4.78, 5) is 28.8. The van der Waals surface area contributed by atoms with Crippen molar-refractivity contribution in [2.45, 2.75) is 13.3 Å². The van der Waals surface area contributed by atoms with Crippen molar-refractivity contribution >= 4 is 11.6 Å². The molecule has 7 nitrogen and oxygen atoms in total. The number of hydrogen-bond donors (Lipinski definition) is 1. The molecule has 0 aliphatic heterocycles. The Bertz CT molecular complexity index is 926. The van der Waals surface area contributed by atoms with Crippen LogP contribution in [0.25, 0.3) is 5.65 Å². The van der Waals surface area contributed by atoms with Crippen LogP contribution >= 0.6 is 0 Å². The van der Waals surface area contributed by atoms with Crippen LogP contribution in [0.15, 0.2) is 41.7 Å². The molecule has 3 rings (SSSR count). The minimum Gasteiger partial charge on any atom is -0.351 e. The molecule has 3 aromatic heterocycles. The zero-order valence-electron chi connectivity index (χ0n) is 13.0. The zero-order valence-corrected chi connectivity index (χ0v) is 13.0. The Morgan fingerprint density at radius 3 is 2.83 bits per heavy atom. The van der Waals surface area contributed by atoms with Crippen molar-refractivity contribution in [2.75, 3.05) is 6.54 Å². The van der Waals surface area contributed by atoms with E-state index in [1.807, 2.05) is 26.2 Å². The maximum Gasteiger partial charge on any atom is 0.270 e. The number of hydrogen-bond acceptors (Lipinski definition) is 4. The second-order valence-corrected chi connectivity index (χ2v) is 5.44. The minimum absolute atomic E-state index is 0.0410. The van der Waals surface area contributed by atoms with Gasteiger partial charge in [0.25, 0.3) is 11.5 Å². The number of carbonyl (C=O) groups is 1. The van der Waals surface area contributed by atoms with Crippen molar-refractivity contribution < 1.29 is 4.79 Å². The molecule has 0 aliphatic carbocycles. The Labute approximate surface area is 132 Å². The van der Waals surface area contributed by atoms with Gasteiger partial charge in [0, 0.05) is 32.2 Å². The molecule has 0 saturated carbocycles. The van der Waals surface area contributed by atoms with E-state index in [0.29, 0.717) is 18.6 Å². The second-order valence-electron chi connectivity index (χ2n) is 5.44. The molecule has 0 aromatic carbocycles. The Morgan fingerprint density at radius 1 is 1.26 bits per heavy atom. The monoisotopic (exact) mass is 311 g/mol. The van der Waals surface area contributed by atoms with E-state index in [2.05, 4.69) is 15.4 Å². The minimum atomic E-state index is -0.415. The third-order valence-corrected chi connectivity index (χ3v) is 3.55. The van der Waals surface area contributed by atoms with E-state index in [1.54, 1.807) is 23.1 Å². The topological polar surface area (TPSA) is 81.3 Å². The van der Waals surface area contributed by atoms with Crippen LogP contribution in [0.4, 0.5) is 0 Å². The number of aromatic nitrogens is 4. The van der Waals surface area contributed by atoms with Gasteiger partial charge < -0.3 is 5.32 Å². The van der Waals surface area contributed by atoms with Gasteiger partial charge in [-0.25, -0.2) is 4.98 Å². The fraction of sp³-hybridized carbons (Fsp3) is 0.250. The molecule has 0 unspecified atom stereocenters. The highest BCUT2D eigenvalue weighted by Gasteiger charge is 2.13. The molecule has 1 N–H and O–H groups in total. The number of nitrogens with zero attached hydrogens (tertiary/aromatic N) is 4. The number of pyridine rings is 1. The summed E-state index contributed by atoms with van der Waals surface area (Å²) in [6.45, 7) is 2.31. The standard InChI is InChI=1S/C16H17N5O2/c1-11-3-4-14-18-8-13(16(23)21(14)9-11)15(22)17-6-5-12-7-19-20(2)10-12/h3-4,7-10H,5-6H2,1-2H3,(H,17,22). The number of fused-ring (bicyclic) bond motifs is 1. The molecule has 3 heterocycles. The molecule has 1 amide bonds. The summed E-state index contributed by atoms with van der Waals surface area (Å²) in [5, 5.41) is 6.82. The van der Waals surface area contributed by atoms with Crippen LogP contribution in [0.1, 0.15) is 21.5 Å². The molecule has 0 saturated heterocycles. The van der Waals surface area contributed by atoms with E-state index in [9.17, 15) is 9.59 Å². The average molecular weight is 311 g/mol. The van der Waals surface area contributed by atoms with Gasteiger partial charge in [-0.1, -0.05) is 6.07 Å². The molecule has 0 aliphatic rings. The fourth-order valence-corrected chi connectivity index (χ4v) is 2.35. The number of carbonyl (C=O) groups excluding carboxylic acids is 1. The van der Waals surface area contributed by atoms with Gasteiger partial charge >= 0.3 is 0 Å². The van der Waals surface area contributed by atoms with Gasteiger partial charge in [0.1, 0.15) is 11.2 Å². The lowest BCUT2D eigenvalue weighted by Gasteiger charge is -2.06. The van der Waals surface area contributed by atoms with Crippen molar-refractivity contribution in [3.05, 3.63) is 64.0 Å². The second kappa shape index (κ2) is 6.04. The molecule has 23 heavy (non-hydrogen) atoms. The Kier molecular flexibility index (Phi) is 3.92. The summed E-state index contributed by atoms with van der Waals surface area (Å²) in [6.07, 6.45) is 7.30. The summed E-state index contributed by atoms with van der Waals surface area (Å²) in [5.74, 6) is -0.415. The largest absolute Gasteiger partial charge is 0.351 e. The van der Waals surface area contributed by atoms with E-state index in [4.69, 9.17) is 0 Å². The van der Waals surface area contributed by atoms with Gasteiger partial charge in [-0.05, 0) is 30.5 Å². The van der Waals surface area contributed by atoms with E-state index in [0.717, 1.165) is 11.1 Å². The molecule has 3 aromatic rings. The smallest absolute Gasteiger partial charge is 0.270 e. The molecular formula is C16H17N5O2. The van der Waals surface area contributed by atoms with Crippen LogP contribution < -0.4 is 10.9 Å². The molecule has 0 atom stereocenters. The number of aryl methyl sites for hydroxylation is 2. The lowest BCUT2D eigenvalue weighted by atomic mass is 10.2. The van der Waals surface area contributed by atoms with Gasteiger partial charge in [-0.3, -0.25) is 18.7 Å². The van der Waals surface area contributed by atoms with Crippen molar-refractivity contribution in [3.63, 3.8) is 0 Å². The molecule has 7 heteroatoms. The first-order chi connectivity index (χ1) is 11.0. The van der Waals surface area contributed by atoms with Gasteiger partial charge in [-0.2, -0.15) is 5.10 Å². The number of amides is 1. The van der Waals surface area contributed by atoms with E-state index in [1.165, 1.54) is 10.6 Å². The number of rotatable bonds is 4. The SMILES string of the molecule is Cc1ccc2ncc(C(=O)NCCc3cnn(C)c3)c(=O)n2c1. The number of nitrogens with one attached hydrogen (secondary N) is 1. The van der Waals surface area contributed by atoms with Gasteiger partial charge in [0.15, 0.2) is 0 Å². The molecule has 0 fully saturated rings. The van der Waals surface area contributed by atoms with Crippen LogP contribution in [-0.4, -0.2) is 31.6 Å². The van der Waals surface area contributed by atoms with Crippen molar-refractivity contribution in [1.82, 2.24) is 24.5 Å². The van der Waals surface area contributed by atoms with Gasteiger partial charge in [0.2, 0.25) is 0 Å². The van der Waals surface area contributed by atoms with Crippen LogP contribution in [-0.2, 0) is 13.5 Å². The molecule has 0 bridgehead atoms. The summed E-state index contributed by atoms with van der Waals surface area (Å²) < 4.78 is 3.10. The third-order valence-electron chi connectivity index (χ3n) is 3.55. The van der Waals surface area contributed by atoms with Crippen molar-refractivity contribution in [1.29, 1.82) is 0 Å². The average Bonchev–Trinajstić information content (AvgIpc) is 2.93. The molecule has 0 radical (unpaired) electrons. The fourth-order valence-electron chi connectivity index (χ4n) is 2.35. The van der Waals surface area contributed by atoms with E-state index < -0.39 is 5.91 Å². The first kappa shape index (κ1) is 15.0. The normalized spacial score (nSPS) is 10.9. The van der Waals surface area contributed by atoms with Gasteiger partial charge in [0.05, 0.1) is 6.20 Å². The maximum absolute atomic E-state index is 12.4. The first-order valence-corrected chi connectivity index (χ1v) is 7.28. The molecular weight excluding hydrogens is 294 g/mol. The summed E-state index contributed by atoms with van der Waals surface area (Å²) in [7, 11) is 1.84. The summed E-state index contributed by atoms with van der Waals surface area (Å²) >= 11 is 0. The summed E-state index contributed by atoms with van der Waals surface area (Å²) in [6, 6.07) is 3.62. The summed E-state index contributed by atoms with van der Waals surface area (Å²) in [5.41, 5.74) is 2.15. The van der Waals surface area contributed by atoms with Crippen molar-refractivity contribution in [3.8, 4) is 0 Å². The van der Waals surface area contributed by atoms with E-state index in [-0.39, 0.29) is 11.1 Å².